The van der Waals surface area contributed by atoms with Gasteiger partial charge in [0.05, 0.1) is 30.4 Å². The van der Waals surface area contributed by atoms with Crippen LogP contribution in [0.4, 0.5) is 21.0 Å². The number of aliphatic hydroxyl groups excluding tert-OH is 1. The second-order valence-electron chi connectivity index (χ2n) is 12.1. The molecule has 2 aliphatic rings. The van der Waals surface area contributed by atoms with E-state index >= 15 is 0 Å². The molecule has 1 aliphatic heterocycles. The van der Waals surface area contributed by atoms with Crippen molar-refractivity contribution in [3.8, 4) is 5.75 Å². The van der Waals surface area contributed by atoms with Crippen LogP contribution in [0.2, 0.25) is 0 Å². The standard InChI is InChI=1S/C34H43N5O5/c1-22-19-39(23(2)21-40)32(41)28-18-26(36-33(42)35-25-12-5-4-6-13-25)16-17-30(28)44-31(22)20-38(3)34(43)37-29-15-9-11-24-10-7-8-14-27(24)29/h7-11,14-18,22-23,25,31,40H,4-6,12-13,19-21H2,1-3H3,(H,37,43)(H2,35,36,42)/t22-,23+,31-/m1/s1. The van der Waals surface area contributed by atoms with Gasteiger partial charge >= 0.3 is 12.1 Å². The highest BCUT2D eigenvalue weighted by atomic mass is 16.5. The first-order valence-corrected chi connectivity index (χ1v) is 15.5. The van der Waals surface area contributed by atoms with Crippen LogP contribution in [0.3, 0.4) is 0 Å². The lowest BCUT2D eigenvalue weighted by Gasteiger charge is -2.38. The minimum absolute atomic E-state index is 0.149. The fourth-order valence-corrected chi connectivity index (χ4v) is 6.02. The molecule has 10 nitrogen and oxygen atoms in total. The fraction of sp³-hybridized carbons (Fsp3) is 0.441. The van der Waals surface area contributed by atoms with E-state index in [9.17, 15) is 19.5 Å². The fourth-order valence-electron chi connectivity index (χ4n) is 6.02. The Hall–Kier alpha value is -4.31. The van der Waals surface area contributed by atoms with Gasteiger partial charge in [0, 0.05) is 36.6 Å². The van der Waals surface area contributed by atoms with E-state index in [0.717, 1.165) is 42.1 Å². The lowest BCUT2D eigenvalue weighted by atomic mass is 9.96. The number of benzene rings is 3. The van der Waals surface area contributed by atoms with Crippen molar-refractivity contribution in [3.63, 3.8) is 0 Å². The minimum Gasteiger partial charge on any atom is -0.487 e. The number of hydrogen-bond donors (Lipinski definition) is 4. The van der Waals surface area contributed by atoms with E-state index in [-0.39, 0.29) is 43.1 Å². The van der Waals surface area contributed by atoms with Gasteiger partial charge in [0.2, 0.25) is 0 Å². The van der Waals surface area contributed by atoms with Crippen molar-refractivity contribution in [2.75, 3.05) is 37.4 Å². The summed E-state index contributed by atoms with van der Waals surface area (Å²) in [7, 11) is 1.72. The number of anilines is 2. The molecule has 1 fully saturated rings. The highest BCUT2D eigenvalue weighted by Gasteiger charge is 2.34. The number of aliphatic hydroxyl groups is 1. The van der Waals surface area contributed by atoms with Crippen LogP contribution in [0.5, 0.6) is 5.75 Å². The van der Waals surface area contributed by atoms with Gasteiger partial charge in [-0.15, -0.1) is 0 Å². The van der Waals surface area contributed by atoms with Crippen LogP contribution in [-0.2, 0) is 0 Å². The zero-order chi connectivity index (χ0) is 31.2. The van der Waals surface area contributed by atoms with Gasteiger partial charge in [-0.1, -0.05) is 62.6 Å². The maximum atomic E-state index is 13.8. The summed E-state index contributed by atoms with van der Waals surface area (Å²) in [6, 6.07) is 17.8. The largest absolute Gasteiger partial charge is 0.487 e. The molecule has 0 aromatic heterocycles. The molecule has 3 atom stereocenters. The van der Waals surface area contributed by atoms with Crippen LogP contribution in [0.15, 0.2) is 60.7 Å². The topological polar surface area (TPSA) is 123 Å². The second-order valence-corrected chi connectivity index (χ2v) is 12.1. The third kappa shape index (κ3) is 7.24. The van der Waals surface area contributed by atoms with Gasteiger partial charge in [0.15, 0.2) is 0 Å². The van der Waals surface area contributed by atoms with Crippen molar-refractivity contribution < 1.29 is 24.2 Å². The molecule has 0 radical (unpaired) electrons. The van der Waals surface area contributed by atoms with Gasteiger partial charge in [-0.3, -0.25) is 4.79 Å². The molecule has 1 heterocycles. The van der Waals surface area contributed by atoms with Gasteiger partial charge in [-0.05, 0) is 49.4 Å². The molecule has 3 aromatic rings. The number of nitrogens with one attached hydrogen (secondary N) is 3. The smallest absolute Gasteiger partial charge is 0.321 e. The Morgan fingerprint density at radius 2 is 1.80 bits per heavy atom. The molecule has 3 aromatic carbocycles. The maximum absolute atomic E-state index is 13.8. The summed E-state index contributed by atoms with van der Waals surface area (Å²) in [5, 5.41) is 20.9. The van der Waals surface area contributed by atoms with E-state index < -0.39 is 12.1 Å². The number of carbonyl (C=O) groups excluding carboxylic acids is 3. The lowest BCUT2D eigenvalue weighted by Crippen LogP contribution is -2.50. The highest BCUT2D eigenvalue weighted by molar-refractivity contribution is 6.02. The number of ether oxygens (including phenoxy) is 1. The Morgan fingerprint density at radius 3 is 2.57 bits per heavy atom. The Labute approximate surface area is 258 Å². The van der Waals surface area contributed by atoms with E-state index in [1.807, 2.05) is 49.4 Å². The minimum atomic E-state index is -0.452. The molecule has 5 amide bonds. The zero-order valence-electron chi connectivity index (χ0n) is 25.7. The Bertz CT molecular complexity index is 1480. The van der Waals surface area contributed by atoms with Crippen LogP contribution in [0.25, 0.3) is 10.8 Å². The van der Waals surface area contributed by atoms with Crippen LogP contribution in [0.1, 0.15) is 56.3 Å². The van der Waals surface area contributed by atoms with E-state index in [1.54, 1.807) is 42.0 Å². The number of amides is 5. The number of hydrogen-bond acceptors (Lipinski definition) is 5. The zero-order valence-corrected chi connectivity index (χ0v) is 25.7. The summed E-state index contributed by atoms with van der Waals surface area (Å²) >= 11 is 0. The number of fused-ring (bicyclic) bond motifs is 2. The molecule has 0 bridgehead atoms. The van der Waals surface area contributed by atoms with Crippen LogP contribution >= 0.6 is 0 Å². The predicted molar refractivity (Wildman–Crippen MR) is 172 cm³/mol. The predicted octanol–water partition coefficient (Wildman–Crippen LogP) is 5.68. The molecule has 1 saturated carbocycles. The molecule has 44 heavy (non-hydrogen) atoms. The van der Waals surface area contributed by atoms with Gasteiger partial charge in [0.1, 0.15) is 11.9 Å². The molecule has 5 rings (SSSR count). The lowest BCUT2D eigenvalue weighted by molar-refractivity contribution is 0.0371. The quantitative estimate of drug-likeness (QED) is 0.278. The van der Waals surface area contributed by atoms with Crippen molar-refractivity contribution in [3.05, 3.63) is 66.2 Å². The van der Waals surface area contributed by atoms with E-state index in [2.05, 4.69) is 16.0 Å². The van der Waals surface area contributed by atoms with E-state index in [0.29, 0.717) is 23.5 Å². The summed E-state index contributed by atoms with van der Waals surface area (Å²) in [5.74, 6) is -0.0824. The third-order valence-electron chi connectivity index (χ3n) is 8.69. The van der Waals surface area contributed by atoms with Crippen molar-refractivity contribution in [2.45, 2.75) is 64.1 Å². The molecule has 1 aliphatic carbocycles. The summed E-state index contributed by atoms with van der Waals surface area (Å²) in [4.78, 5) is 43.0. The summed E-state index contributed by atoms with van der Waals surface area (Å²) in [5.41, 5.74) is 1.49. The van der Waals surface area contributed by atoms with Gasteiger partial charge in [-0.25, -0.2) is 9.59 Å². The van der Waals surface area contributed by atoms with Crippen LogP contribution < -0.4 is 20.7 Å². The highest BCUT2D eigenvalue weighted by Crippen LogP contribution is 2.31. The number of nitrogens with zero attached hydrogens (tertiary/aromatic N) is 2. The monoisotopic (exact) mass is 601 g/mol. The van der Waals surface area contributed by atoms with E-state index in [1.165, 1.54) is 6.42 Å². The van der Waals surface area contributed by atoms with Crippen molar-refractivity contribution in [1.29, 1.82) is 0 Å². The third-order valence-corrected chi connectivity index (χ3v) is 8.69. The Morgan fingerprint density at radius 1 is 1.05 bits per heavy atom. The summed E-state index contributed by atoms with van der Waals surface area (Å²) in [6.07, 6.45) is 4.88. The van der Waals surface area contributed by atoms with Crippen molar-refractivity contribution in [1.82, 2.24) is 15.1 Å². The Kier molecular flexibility index (Phi) is 9.89. The van der Waals surface area contributed by atoms with Crippen LogP contribution in [0, 0.1) is 5.92 Å². The molecule has 0 unspecified atom stereocenters. The van der Waals surface area contributed by atoms with Crippen molar-refractivity contribution >= 4 is 40.1 Å². The van der Waals surface area contributed by atoms with E-state index in [4.69, 9.17) is 4.74 Å². The average molecular weight is 602 g/mol. The van der Waals surface area contributed by atoms with Crippen LogP contribution in [-0.4, -0.2) is 77.8 Å². The van der Waals surface area contributed by atoms with Gasteiger partial charge < -0.3 is 35.6 Å². The Balaban J connectivity index is 1.34. The number of urea groups is 2. The number of likely N-dealkylation sites (N-methyl/N-ethyl adjacent to an activating group) is 1. The normalized spacial score (nSPS) is 19.6. The molecule has 0 spiro atoms. The summed E-state index contributed by atoms with van der Waals surface area (Å²) in [6.45, 7) is 4.15. The molecular weight excluding hydrogens is 558 g/mol. The SMILES string of the molecule is C[C@@H]1CN([C@@H](C)CO)C(=O)c2cc(NC(=O)NC3CCCCC3)ccc2O[C@@H]1CN(C)C(=O)Nc1cccc2ccccc12. The second kappa shape index (κ2) is 14.0. The molecular formula is C34H43N5O5. The average Bonchev–Trinajstić information content (AvgIpc) is 3.03. The molecule has 10 heteroatoms. The van der Waals surface area contributed by atoms with Gasteiger partial charge in [-0.2, -0.15) is 0 Å². The number of carbonyl (C=O) groups is 3. The van der Waals surface area contributed by atoms with Crippen molar-refractivity contribution in [2.24, 2.45) is 5.92 Å². The maximum Gasteiger partial charge on any atom is 0.321 e. The van der Waals surface area contributed by atoms with Gasteiger partial charge in [0.25, 0.3) is 5.91 Å². The number of rotatable bonds is 7. The molecule has 4 N–H and O–H groups in total. The first kappa shape index (κ1) is 31.1. The summed E-state index contributed by atoms with van der Waals surface area (Å²) < 4.78 is 6.44. The molecule has 0 saturated heterocycles. The first-order valence-electron chi connectivity index (χ1n) is 15.5. The first-order chi connectivity index (χ1) is 21.2. The molecule has 234 valence electrons.